The smallest absolute Gasteiger partial charge is 0.271 e. The number of carbonyl (C=O) groups is 2. The molecule has 0 aliphatic rings. The van der Waals surface area contributed by atoms with Gasteiger partial charge in [0.25, 0.3) is 5.69 Å². The summed E-state index contributed by atoms with van der Waals surface area (Å²) in [5.41, 5.74) is 1.96. The van der Waals surface area contributed by atoms with Crippen LogP contribution in [0.5, 0.6) is 0 Å². The summed E-state index contributed by atoms with van der Waals surface area (Å²) < 4.78 is 0. The number of nitro benzene ring substituents is 1. The van der Waals surface area contributed by atoms with Crippen LogP contribution in [0.1, 0.15) is 17.5 Å². The number of amides is 1. The molecule has 7 nitrogen and oxygen atoms in total. The molecule has 0 aliphatic heterocycles. The molecule has 0 fully saturated rings. The molecule has 7 heteroatoms. The van der Waals surface area contributed by atoms with Crippen LogP contribution in [0.25, 0.3) is 0 Å². The number of nitro groups is 1. The van der Waals surface area contributed by atoms with Crippen LogP contribution in [0.4, 0.5) is 11.4 Å². The molecule has 0 unspecified atom stereocenters. The second kappa shape index (κ2) is 8.05. The number of anilines is 1. The van der Waals surface area contributed by atoms with Gasteiger partial charge in [-0.05, 0) is 31.4 Å². The highest BCUT2D eigenvalue weighted by Crippen LogP contribution is 2.20. The summed E-state index contributed by atoms with van der Waals surface area (Å²) >= 11 is 0. The molecule has 0 spiro atoms. The Balaban J connectivity index is 2.14. The molecule has 2 aromatic carbocycles. The number of benzene rings is 2. The lowest BCUT2D eigenvalue weighted by molar-refractivity contribution is -0.384. The van der Waals surface area contributed by atoms with E-state index < -0.39 is 29.1 Å². The van der Waals surface area contributed by atoms with Crippen molar-refractivity contribution in [3.8, 4) is 0 Å². The number of hydrogen-bond donors (Lipinski definition) is 1. The Morgan fingerprint density at radius 3 is 2.44 bits per heavy atom. The third-order valence-corrected chi connectivity index (χ3v) is 3.71. The molecule has 1 N–H and O–H groups in total. The van der Waals surface area contributed by atoms with Crippen molar-refractivity contribution in [2.24, 2.45) is 5.92 Å². The zero-order chi connectivity index (χ0) is 18.4. The van der Waals surface area contributed by atoms with E-state index in [0.29, 0.717) is 0 Å². The number of carbonyl (C=O) groups excluding carboxylic acids is 2. The highest BCUT2D eigenvalue weighted by atomic mass is 16.6. The van der Waals surface area contributed by atoms with E-state index in [-0.39, 0.29) is 17.8 Å². The van der Waals surface area contributed by atoms with Crippen LogP contribution in [0.15, 0.2) is 48.5 Å². The molecule has 0 radical (unpaired) electrons. The van der Waals surface area contributed by atoms with Crippen LogP contribution in [-0.2, 0) is 16.0 Å². The van der Waals surface area contributed by atoms with Crippen LogP contribution in [0.2, 0.25) is 0 Å². The lowest BCUT2D eigenvalue weighted by Gasteiger charge is -2.17. The number of carboxylic acids is 1. The number of aryl methyl sites for hydroxylation is 1. The summed E-state index contributed by atoms with van der Waals surface area (Å²) in [5, 5.41) is 24.3. The fourth-order valence-corrected chi connectivity index (χ4v) is 2.41. The first-order valence-electron chi connectivity index (χ1n) is 7.66. The normalized spacial score (nSPS) is 11.6. The van der Waals surface area contributed by atoms with Gasteiger partial charge < -0.3 is 15.2 Å². The first-order valence-corrected chi connectivity index (χ1v) is 7.66. The molecular formula is C18H17N2O5-. The van der Waals surface area contributed by atoms with Crippen molar-refractivity contribution in [2.75, 3.05) is 5.32 Å². The highest BCUT2D eigenvalue weighted by Gasteiger charge is 2.20. The zero-order valence-electron chi connectivity index (χ0n) is 13.6. The number of rotatable bonds is 7. The standard InChI is InChI=1S/C18H18N2O5/c1-12-5-7-13(8-6-12)9-14(10-17(21)22)18(23)19-15-3-2-4-16(11-15)20(24)25/h2-8,11,14H,9-10H2,1H3,(H,19,23)(H,21,22)/p-1/t14-/m0/s1. The lowest BCUT2D eigenvalue weighted by atomic mass is 9.94. The zero-order valence-corrected chi connectivity index (χ0v) is 13.6. The molecule has 0 bridgehead atoms. The summed E-state index contributed by atoms with van der Waals surface area (Å²) in [5.74, 6) is -2.69. The molecule has 0 aliphatic carbocycles. The van der Waals surface area contributed by atoms with Crippen molar-refractivity contribution in [1.82, 2.24) is 0 Å². The van der Waals surface area contributed by atoms with E-state index in [4.69, 9.17) is 0 Å². The SMILES string of the molecule is Cc1ccc(C[C@@H](CC(=O)[O-])C(=O)Nc2cccc([N+](=O)[O-])c2)cc1. The molecule has 0 saturated carbocycles. The molecule has 130 valence electrons. The van der Waals surface area contributed by atoms with Crippen LogP contribution >= 0.6 is 0 Å². The molecule has 2 aromatic rings. The van der Waals surface area contributed by atoms with E-state index in [1.165, 1.54) is 24.3 Å². The molecule has 0 heterocycles. The Kier molecular flexibility index (Phi) is 5.84. The van der Waals surface area contributed by atoms with E-state index in [2.05, 4.69) is 5.32 Å². The quantitative estimate of drug-likeness (QED) is 0.610. The van der Waals surface area contributed by atoms with Crippen molar-refractivity contribution in [3.05, 3.63) is 69.8 Å². The van der Waals surface area contributed by atoms with Gasteiger partial charge in [-0.1, -0.05) is 35.9 Å². The van der Waals surface area contributed by atoms with Crippen molar-refractivity contribution in [2.45, 2.75) is 19.8 Å². The van der Waals surface area contributed by atoms with E-state index in [1.807, 2.05) is 31.2 Å². The number of carboxylic acid groups (broad SMARTS) is 1. The third-order valence-electron chi connectivity index (χ3n) is 3.71. The third kappa shape index (κ3) is 5.42. The molecule has 25 heavy (non-hydrogen) atoms. The number of hydrogen-bond acceptors (Lipinski definition) is 5. The molecular weight excluding hydrogens is 324 g/mol. The van der Waals surface area contributed by atoms with Gasteiger partial charge in [0.15, 0.2) is 0 Å². The Bertz CT molecular complexity index is 786. The predicted molar refractivity (Wildman–Crippen MR) is 89.7 cm³/mol. The maximum Gasteiger partial charge on any atom is 0.271 e. The number of aliphatic carboxylic acids is 1. The average Bonchev–Trinajstić information content (AvgIpc) is 2.56. The molecule has 1 amide bonds. The summed E-state index contributed by atoms with van der Waals surface area (Å²) in [6.45, 7) is 1.93. The van der Waals surface area contributed by atoms with Crippen molar-refractivity contribution in [1.29, 1.82) is 0 Å². The Morgan fingerprint density at radius 2 is 1.84 bits per heavy atom. The molecule has 1 atom stereocenters. The van der Waals surface area contributed by atoms with Crippen LogP contribution in [0.3, 0.4) is 0 Å². The second-order valence-corrected chi connectivity index (χ2v) is 5.76. The van der Waals surface area contributed by atoms with E-state index in [1.54, 1.807) is 0 Å². The summed E-state index contributed by atoms with van der Waals surface area (Å²) in [6, 6.07) is 12.9. The minimum Gasteiger partial charge on any atom is -0.550 e. The van der Waals surface area contributed by atoms with Crippen LogP contribution in [-0.4, -0.2) is 16.8 Å². The summed E-state index contributed by atoms with van der Waals surface area (Å²) in [4.78, 5) is 33.6. The maximum atomic E-state index is 12.4. The van der Waals surface area contributed by atoms with Gasteiger partial charge in [0.05, 0.1) is 4.92 Å². The first-order chi connectivity index (χ1) is 11.8. The van der Waals surface area contributed by atoms with Crippen LogP contribution < -0.4 is 10.4 Å². The Hall–Kier alpha value is -3.22. The van der Waals surface area contributed by atoms with E-state index >= 15 is 0 Å². The van der Waals surface area contributed by atoms with Gasteiger partial charge >= 0.3 is 0 Å². The summed E-state index contributed by atoms with van der Waals surface area (Å²) in [7, 11) is 0. The molecule has 2 rings (SSSR count). The topological polar surface area (TPSA) is 112 Å². The lowest BCUT2D eigenvalue weighted by Crippen LogP contribution is -2.32. The monoisotopic (exact) mass is 341 g/mol. The first kappa shape index (κ1) is 18.1. The van der Waals surface area contributed by atoms with Gasteiger partial charge in [-0.25, -0.2) is 0 Å². The van der Waals surface area contributed by atoms with Gasteiger partial charge in [0.1, 0.15) is 0 Å². The van der Waals surface area contributed by atoms with Crippen molar-refractivity contribution in [3.63, 3.8) is 0 Å². The number of nitrogens with zero attached hydrogens (tertiary/aromatic N) is 1. The minimum absolute atomic E-state index is 0.159. The fraction of sp³-hybridized carbons (Fsp3) is 0.222. The summed E-state index contributed by atoms with van der Waals surface area (Å²) in [6.07, 6.45) is -0.205. The fourth-order valence-electron chi connectivity index (χ4n) is 2.41. The predicted octanol–water partition coefficient (Wildman–Crippen LogP) is 1.84. The van der Waals surface area contributed by atoms with Crippen LogP contribution in [0, 0.1) is 23.0 Å². The van der Waals surface area contributed by atoms with Gasteiger partial charge in [-0.15, -0.1) is 0 Å². The highest BCUT2D eigenvalue weighted by molar-refractivity contribution is 5.94. The van der Waals surface area contributed by atoms with Crippen molar-refractivity contribution >= 4 is 23.3 Å². The second-order valence-electron chi connectivity index (χ2n) is 5.76. The number of non-ortho nitro benzene ring substituents is 1. The van der Waals surface area contributed by atoms with Crippen molar-refractivity contribution < 1.29 is 19.6 Å². The molecule has 0 aromatic heterocycles. The minimum atomic E-state index is -1.33. The maximum absolute atomic E-state index is 12.4. The average molecular weight is 341 g/mol. The van der Waals surface area contributed by atoms with Gasteiger partial charge in [-0.2, -0.15) is 0 Å². The Morgan fingerprint density at radius 1 is 1.16 bits per heavy atom. The van der Waals surface area contributed by atoms with E-state index in [9.17, 15) is 24.8 Å². The van der Waals surface area contributed by atoms with Gasteiger partial charge in [0.2, 0.25) is 5.91 Å². The number of nitrogens with one attached hydrogen (secondary N) is 1. The largest absolute Gasteiger partial charge is 0.550 e. The van der Waals surface area contributed by atoms with Gasteiger partial charge in [-0.3, -0.25) is 14.9 Å². The van der Waals surface area contributed by atoms with E-state index in [0.717, 1.165) is 11.1 Å². The molecule has 0 saturated heterocycles. The Labute approximate surface area is 144 Å². The van der Waals surface area contributed by atoms with Gasteiger partial charge in [0, 0.05) is 29.7 Å².